The van der Waals surface area contributed by atoms with Crippen LogP contribution in [-0.2, 0) is 4.74 Å². The molecule has 0 spiro atoms. The van der Waals surface area contributed by atoms with Crippen molar-refractivity contribution in [1.82, 2.24) is 10.2 Å². The van der Waals surface area contributed by atoms with Crippen molar-refractivity contribution in [3.63, 3.8) is 0 Å². The van der Waals surface area contributed by atoms with Crippen LogP contribution in [0.2, 0.25) is 0 Å². The van der Waals surface area contributed by atoms with Crippen LogP contribution in [-0.4, -0.2) is 50.8 Å². The Morgan fingerprint density at radius 2 is 1.94 bits per heavy atom. The van der Waals surface area contributed by atoms with Gasteiger partial charge in [0.25, 0.3) is 0 Å². The lowest BCUT2D eigenvalue weighted by molar-refractivity contribution is 0.103. The van der Waals surface area contributed by atoms with E-state index in [-0.39, 0.29) is 0 Å². The summed E-state index contributed by atoms with van der Waals surface area (Å²) in [5.41, 5.74) is 0. The Bertz CT molecular complexity index is 153. The highest BCUT2D eigenvalue weighted by Gasteiger charge is 2.22. The highest BCUT2D eigenvalue weighted by molar-refractivity contribution is 4.82. The molecule has 0 aromatic rings. The Kier molecular flexibility index (Phi) is 9.99. The molecule has 2 atom stereocenters. The number of likely N-dealkylation sites (N-methyl/N-ethyl adjacent to an activating group) is 2. The van der Waals surface area contributed by atoms with Gasteiger partial charge in [0.05, 0.1) is 6.61 Å². The molecule has 0 saturated heterocycles. The molecule has 0 amide bonds. The highest BCUT2D eigenvalue weighted by atomic mass is 16.5. The molecule has 0 aliphatic rings. The Labute approximate surface area is 102 Å². The Hall–Kier alpha value is -0.120. The van der Waals surface area contributed by atoms with Crippen LogP contribution in [0.1, 0.15) is 40.0 Å². The first kappa shape index (κ1) is 15.9. The molecular formula is C13H30N2O. The van der Waals surface area contributed by atoms with Crippen LogP contribution in [0.5, 0.6) is 0 Å². The van der Waals surface area contributed by atoms with Gasteiger partial charge in [-0.25, -0.2) is 0 Å². The van der Waals surface area contributed by atoms with Crippen LogP contribution < -0.4 is 5.32 Å². The van der Waals surface area contributed by atoms with Crippen molar-refractivity contribution in [3.8, 4) is 0 Å². The van der Waals surface area contributed by atoms with E-state index in [0.717, 1.165) is 19.7 Å². The third kappa shape index (κ3) is 5.28. The largest absolute Gasteiger partial charge is 0.383 e. The van der Waals surface area contributed by atoms with Crippen molar-refractivity contribution < 1.29 is 4.74 Å². The average Bonchev–Trinajstić information content (AvgIpc) is 2.32. The Morgan fingerprint density at radius 3 is 2.31 bits per heavy atom. The maximum absolute atomic E-state index is 5.18. The van der Waals surface area contributed by atoms with Gasteiger partial charge in [0.15, 0.2) is 0 Å². The summed E-state index contributed by atoms with van der Waals surface area (Å²) >= 11 is 0. The summed E-state index contributed by atoms with van der Waals surface area (Å²) in [5.74, 6) is 0. The molecule has 3 heteroatoms. The standard InChI is InChI=1S/C13H30N2O/c1-6-9-12(14-4)13(7-2)15(8-3)10-11-16-5/h12-14H,6-11H2,1-5H3. The third-order valence-electron chi connectivity index (χ3n) is 3.31. The number of hydrogen-bond donors (Lipinski definition) is 1. The molecule has 0 radical (unpaired) electrons. The molecule has 0 saturated carbocycles. The van der Waals surface area contributed by atoms with Gasteiger partial charge in [-0.15, -0.1) is 0 Å². The van der Waals surface area contributed by atoms with Crippen molar-refractivity contribution in [3.05, 3.63) is 0 Å². The van der Waals surface area contributed by atoms with Crippen molar-refractivity contribution in [2.45, 2.75) is 52.1 Å². The maximum atomic E-state index is 5.18. The number of ether oxygens (including phenoxy) is 1. The molecule has 0 bridgehead atoms. The van der Waals surface area contributed by atoms with E-state index in [1.165, 1.54) is 19.3 Å². The fraction of sp³-hybridized carbons (Fsp3) is 1.00. The van der Waals surface area contributed by atoms with E-state index in [0.29, 0.717) is 12.1 Å². The molecule has 98 valence electrons. The first-order valence-corrected chi connectivity index (χ1v) is 6.65. The number of hydrogen-bond acceptors (Lipinski definition) is 3. The monoisotopic (exact) mass is 230 g/mol. The lowest BCUT2D eigenvalue weighted by Crippen LogP contribution is -2.49. The van der Waals surface area contributed by atoms with Crippen LogP contribution in [0.4, 0.5) is 0 Å². The second-order valence-corrected chi connectivity index (χ2v) is 4.28. The minimum absolute atomic E-state index is 0.604. The highest BCUT2D eigenvalue weighted by Crippen LogP contribution is 2.13. The summed E-state index contributed by atoms with van der Waals surface area (Å²) in [6.45, 7) is 9.73. The molecule has 0 heterocycles. The molecule has 0 rings (SSSR count). The van der Waals surface area contributed by atoms with Crippen LogP contribution >= 0.6 is 0 Å². The van der Waals surface area contributed by atoms with E-state index in [1.54, 1.807) is 7.11 Å². The van der Waals surface area contributed by atoms with Gasteiger partial charge in [-0.1, -0.05) is 27.2 Å². The fourth-order valence-electron chi connectivity index (χ4n) is 2.40. The van der Waals surface area contributed by atoms with Gasteiger partial charge in [0.2, 0.25) is 0 Å². The Balaban J connectivity index is 4.37. The smallest absolute Gasteiger partial charge is 0.0589 e. The minimum atomic E-state index is 0.604. The van der Waals surface area contributed by atoms with Gasteiger partial charge in [-0.05, 0) is 26.4 Å². The van der Waals surface area contributed by atoms with E-state index < -0.39 is 0 Å². The van der Waals surface area contributed by atoms with Gasteiger partial charge < -0.3 is 10.1 Å². The number of nitrogens with one attached hydrogen (secondary N) is 1. The zero-order valence-corrected chi connectivity index (χ0v) is 11.8. The molecule has 0 aromatic heterocycles. The van der Waals surface area contributed by atoms with Gasteiger partial charge in [-0.2, -0.15) is 0 Å². The van der Waals surface area contributed by atoms with Crippen LogP contribution in [0.3, 0.4) is 0 Å². The summed E-state index contributed by atoms with van der Waals surface area (Å²) in [4.78, 5) is 2.53. The van der Waals surface area contributed by atoms with Crippen molar-refractivity contribution >= 4 is 0 Å². The second kappa shape index (κ2) is 10.1. The molecule has 0 aromatic carbocycles. The summed E-state index contributed by atoms with van der Waals surface area (Å²) < 4.78 is 5.18. The zero-order valence-electron chi connectivity index (χ0n) is 11.8. The van der Waals surface area contributed by atoms with Crippen molar-refractivity contribution in [2.75, 3.05) is 33.9 Å². The molecule has 3 nitrogen and oxygen atoms in total. The molecule has 0 aliphatic heterocycles. The third-order valence-corrected chi connectivity index (χ3v) is 3.31. The van der Waals surface area contributed by atoms with Crippen LogP contribution in [0.15, 0.2) is 0 Å². The first-order chi connectivity index (χ1) is 7.74. The van der Waals surface area contributed by atoms with Crippen molar-refractivity contribution in [2.24, 2.45) is 0 Å². The van der Waals surface area contributed by atoms with Crippen LogP contribution in [0.25, 0.3) is 0 Å². The topological polar surface area (TPSA) is 24.5 Å². The van der Waals surface area contributed by atoms with Gasteiger partial charge in [0, 0.05) is 25.7 Å². The van der Waals surface area contributed by atoms with E-state index in [2.05, 4.69) is 38.0 Å². The van der Waals surface area contributed by atoms with Crippen LogP contribution in [0, 0.1) is 0 Å². The quantitative estimate of drug-likeness (QED) is 0.622. The van der Waals surface area contributed by atoms with E-state index >= 15 is 0 Å². The molecule has 2 unspecified atom stereocenters. The maximum Gasteiger partial charge on any atom is 0.0589 e. The van der Waals surface area contributed by atoms with E-state index in [9.17, 15) is 0 Å². The minimum Gasteiger partial charge on any atom is -0.383 e. The molecule has 16 heavy (non-hydrogen) atoms. The van der Waals surface area contributed by atoms with Gasteiger partial charge in [-0.3, -0.25) is 4.90 Å². The molecule has 0 fully saturated rings. The molecule has 1 N–H and O–H groups in total. The lowest BCUT2D eigenvalue weighted by Gasteiger charge is -2.35. The van der Waals surface area contributed by atoms with Gasteiger partial charge >= 0.3 is 0 Å². The predicted molar refractivity (Wildman–Crippen MR) is 71.0 cm³/mol. The summed E-state index contributed by atoms with van der Waals surface area (Å²) in [6.07, 6.45) is 3.69. The Morgan fingerprint density at radius 1 is 1.25 bits per heavy atom. The number of nitrogens with zero attached hydrogens (tertiary/aromatic N) is 1. The number of methoxy groups -OCH3 is 1. The normalized spacial score (nSPS) is 15.4. The SMILES string of the molecule is CCCC(NC)C(CC)N(CC)CCOC. The summed E-state index contributed by atoms with van der Waals surface area (Å²) in [6, 6.07) is 1.23. The van der Waals surface area contributed by atoms with Gasteiger partial charge in [0.1, 0.15) is 0 Å². The fourth-order valence-corrected chi connectivity index (χ4v) is 2.40. The number of rotatable bonds is 10. The average molecular weight is 230 g/mol. The molecular weight excluding hydrogens is 200 g/mol. The zero-order chi connectivity index (χ0) is 12.4. The lowest BCUT2D eigenvalue weighted by atomic mass is 9.99. The summed E-state index contributed by atoms with van der Waals surface area (Å²) in [7, 11) is 3.85. The predicted octanol–water partition coefficient (Wildman–Crippen LogP) is 2.12. The first-order valence-electron chi connectivity index (χ1n) is 6.65. The summed E-state index contributed by atoms with van der Waals surface area (Å²) in [5, 5.41) is 3.46. The second-order valence-electron chi connectivity index (χ2n) is 4.28. The van der Waals surface area contributed by atoms with Crippen molar-refractivity contribution in [1.29, 1.82) is 0 Å². The molecule has 0 aliphatic carbocycles. The van der Waals surface area contributed by atoms with E-state index in [1.807, 2.05) is 0 Å². The van der Waals surface area contributed by atoms with E-state index in [4.69, 9.17) is 4.74 Å².